The highest BCUT2D eigenvalue weighted by atomic mass is 16.5. The van der Waals surface area contributed by atoms with Gasteiger partial charge in [-0.2, -0.15) is 0 Å². The van der Waals surface area contributed by atoms with Gasteiger partial charge in [-0.15, -0.1) is 0 Å². The largest absolute Gasteiger partial charge is 0.460 e. The number of Topliss-reactive ketones (excluding diaryl/α,β-unsaturated/α-hetero) is 1. The van der Waals surface area contributed by atoms with Crippen LogP contribution in [0.25, 0.3) is 0 Å². The number of carbonyl (C=O) groups excluding carboxylic acids is 3. The average Bonchev–Trinajstić information content (AvgIpc) is 2.69. The van der Waals surface area contributed by atoms with Gasteiger partial charge in [-0.25, -0.2) is 0 Å². The van der Waals surface area contributed by atoms with E-state index >= 15 is 0 Å². The average molecular weight is 383 g/mol. The fraction of sp³-hybridized carbons (Fsp3) is 0.348. The van der Waals surface area contributed by atoms with Crippen molar-refractivity contribution in [1.29, 1.82) is 0 Å². The van der Waals surface area contributed by atoms with E-state index in [9.17, 15) is 14.4 Å². The van der Waals surface area contributed by atoms with Crippen LogP contribution in [0, 0.1) is 5.92 Å². The molecule has 0 fully saturated rings. The summed E-state index contributed by atoms with van der Waals surface area (Å²) in [6.07, 6.45) is 1.39. The van der Waals surface area contributed by atoms with Crippen molar-refractivity contribution >= 4 is 17.7 Å². The molecule has 0 aliphatic carbocycles. The number of ketones is 1. The van der Waals surface area contributed by atoms with Gasteiger partial charge in [0.2, 0.25) is 5.91 Å². The molecule has 0 radical (unpaired) electrons. The second-order valence-electron chi connectivity index (χ2n) is 6.57. The maximum Gasteiger partial charge on any atom is 0.325 e. The van der Waals surface area contributed by atoms with Gasteiger partial charge in [0.05, 0.1) is 0 Å². The van der Waals surface area contributed by atoms with Gasteiger partial charge < -0.3 is 14.8 Å². The van der Waals surface area contributed by atoms with E-state index in [0.717, 1.165) is 17.5 Å². The molecule has 0 aliphatic rings. The van der Waals surface area contributed by atoms with Gasteiger partial charge in [-0.05, 0) is 37.8 Å². The molecule has 1 N–H and O–H groups in total. The van der Waals surface area contributed by atoms with E-state index in [-0.39, 0.29) is 30.8 Å². The first-order chi connectivity index (χ1) is 13.4. The highest BCUT2D eigenvalue weighted by molar-refractivity contribution is 5.83. The molecule has 2 rings (SSSR count). The fourth-order valence-electron chi connectivity index (χ4n) is 2.41. The Kier molecular flexibility index (Phi) is 10.9. The van der Waals surface area contributed by atoms with Crippen LogP contribution in [-0.4, -0.2) is 24.2 Å². The normalized spacial score (nSPS) is 10.8. The van der Waals surface area contributed by atoms with Crippen LogP contribution in [0.3, 0.4) is 0 Å². The number of benzene rings is 2. The minimum absolute atomic E-state index is 0.100. The number of hydrogen-bond donors (Lipinski definition) is 1. The number of carbonyl (C=O) groups is 3. The van der Waals surface area contributed by atoms with Crippen LogP contribution in [0.2, 0.25) is 0 Å². The van der Waals surface area contributed by atoms with Gasteiger partial charge >= 0.3 is 5.97 Å². The van der Waals surface area contributed by atoms with Crippen LogP contribution < -0.4 is 5.32 Å². The van der Waals surface area contributed by atoms with Crippen molar-refractivity contribution in [3.8, 4) is 0 Å². The zero-order valence-corrected chi connectivity index (χ0v) is 16.8. The summed E-state index contributed by atoms with van der Waals surface area (Å²) < 4.78 is 5.16. The summed E-state index contributed by atoms with van der Waals surface area (Å²) in [5, 5.41) is 2.68. The van der Waals surface area contributed by atoms with Crippen molar-refractivity contribution in [2.24, 2.45) is 5.92 Å². The molecule has 0 bridgehead atoms. The molecule has 1 amide bonds. The molecule has 150 valence electrons. The van der Waals surface area contributed by atoms with E-state index < -0.39 is 5.97 Å². The molecule has 28 heavy (non-hydrogen) atoms. The minimum Gasteiger partial charge on any atom is -0.460 e. The third kappa shape index (κ3) is 10.3. The lowest BCUT2D eigenvalue weighted by Gasteiger charge is -2.15. The lowest BCUT2D eigenvalue weighted by molar-refractivity contribution is -0.145. The zero-order valence-electron chi connectivity index (χ0n) is 16.8. The van der Waals surface area contributed by atoms with E-state index in [2.05, 4.69) is 5.32 Å². The Labute approximate surface area is 167 Å². The predicted molar refractivity (Wildman–Crippen MR) is 110 cm³/mol. The molecular formula is C23H29NO4. The topological polar surface area (TPSA) is 72.5 Å². The summed E-state index contributed by atoms with van der Waals surface area (Å²) in [5.41, 5.74) is 2.04. The second kappa shape index (κ2) is 13.3. The Morgan fingerprint density at radius 1 is 0.893 bits per heavy atom. The maximum atomic E-state index is 12.2. The molecule has 0 saturated carbocycles. The Morgan fingerprint density at radius 2 is 1.39 bits per heavy atom. The molecular weight excluding hydrogens is 354 g/mol. The number of esters is 1. The number of ether oxygens (including phenoxy) is 1. The van der Waals surface area contributed by atoms with Crippen LogP contribution in [0.1, 0.15) is 38.3 Å². The van der Waals surface area contributed by atoms with Crippen LogP contribution in [0.15, 0.2) is 60.7 Å². The van der Waals surface area contributed by atoms with Crippen molar-refractivity contribution in [2.45, 2.75) is 40.2 Å². The molecule has 0 aliphatic heterocycles. The smallest absolute Gasteiger partial charge is 0.325 e. The molecule has 0 aromatic heterocycles. The minimum atomic E-state index is -0.429. The third-order valence-corrected chi connectivity index (χ3v) is 3.84. The summed E-state index contributed by atoms with van der Waals surface area (Å²) in [4.78, 5) is 33.4. The van der Waals surface area contributed by atoms with Crippen molar-refractivity contribution < 1.29 is 19.1 Å². The molecule has 0 heterocycles. The Balaban J connectivity index is 0.000000892. The first-order valence-electron chi connectivity index (χ1n) is 9.40. The van der Waals surface area contributed by atoms with Crippen LogP contribution in [0.4, 0.5) is 0 Å². The molecule has 1 atom stereocenters. The van der Waals surface area contributed by atoms with Crippen LogP contribution >= 0.6 is 0 Å². The number of nitrogens with one attached hydrogen (secondary N) is 1. The molecule has 5 nitrogen and oxygen atoms in total. The van der Waals surface area contributed by atoms with Crippen LogP contribution in [-0.2, 0) is 32.1 Å². The lowest BCUT2D eigenvalue weighted by Crippen LogP contribution is -2.36. The second-order valence-corrected chi connectivity index (χ2v) is 6.57. The van der Waals surface area contributed by atoms with Crippen molar-refractivity contribution in [2.75, 3.05) is 6.54 Å². The van der Waals surface area contributed by atoms with E-state index in [1.165, 1.54) is 13.8 Å². The van der Waals surface area contributed by atoms with Gasteiger partial charge in [-0.3, -0.25) is 9.59 Å². The van der Waals surface area contributed by atoms with Crippen molar-refractivity contribution in [3.05, 3.63) is 71.8 Å². The summed E-state index contributed by atoms with van der Waals surface area (Å²) in [5.74, 6) is -0.519. The first-order valence-corrected chi connectivity index (χ1v) is 9.40. The number of rotatable bonds is 8. The molecule has 0 saturated heterocycles. The summed E-state index contributed by atoms with van der Waals surface area (Å²) in [6, 6.07) is 19.3. The van der Waals surface area contributed by atoms with Crippen LogP contribution in [0.5, 0.6) is 0 Å². The standard InChI is InChI=1S/C20H23NO3.C3H6O/c1-2-18(13-16-9-5-3-6-10-16)20(23)21-14-19(22)24-15-17-11-7-4-8-12-17;1-3(2)4/h3-12,18H,2,13-15H2,1H3,(H,21,23);1-2H3. The molecule has 0 spiro atoms. The predicted octanol–water partition coefficient (Wildman–Crippen LogP) is 3.71. The van der Waals surface area contributed by atoms with E-state index in [1.54, 1.807) is 0 Å². The molecule has 1 unspecified atom stereocenters. The Hall–Kier alpha value is -2.95. The Bertz CT molecular complexity index is 725. The van der Waals surface area contributed by atoms with E-state index in [0.29, 0.717) is 6.42 Å². The Morgan fingerprint density at radius 3 is 1.89 bits per heavy atom. The SMILES string of the molecule is CC(C)=O.CCC(Cc1ccccc1)C(=O)NCC(=O)OCc1ccccc1. The monoisotopic (exact) mass is 383 g/mol. The highest BCUT2D eigenvalue weighted by Crippen LogP contribution is 2.12. The van der Waals surface area contributed by atoms with Crippen molar-refractivity contribution in [3.63, 3.8) is 0 Å². The van der Waals surface area contributed by atoms with Gasteiger partial charge in [0, 0.05) is 5.92 Å². The maximum absolute atomic E-state index is 12.2. The third-order valence-electron chi connectivity index (χ3n) is 3.84. The van der Waals surface area contributed by atoms with Crippen molar-refractivity contribution in [1.82, 2.24) is 5.32 Å². The number of hydrogen-bond acceptors (Lipinski definition) is 4. The lowest BCUT2D eigenvalue weighted by atomic mass is 9.96. The van der Waals surface area contributed by atoms with Gasteiger partial charge in [0.25, 0.3) is 0 Å². The highest BCUT2D eigenvalue weighted by Gasteiger charge is 2.17. The van der Waals surface area contributed by atoms with Gasteiger partial charge in [0.15, 0.2) is 0 Å². The molecule has 2 aromatic carbocycles. The summed E-state index contributed by atoms with van der Waals surface area (Å²) in [7, 11) is 0. The van der Waals surface area contributed by atoms with E-state index in [1.807, 2.05) is 67.6 Å². The zero-order chi connectivity index (χ0) is 20.8. The van der Waals surface area contributed by atoms with E-state index in [4.69, 9.17) is 4.74 Å². The van der Waals surface area contributed by atoms with Gasteiger partial charge in [-0.1, -0.05) is 67.6 Å². The quantitative estimate of drug-likeness (QED) is 0.706. The fourth-order valence-corrected chi connectivity index (χ4v) is 2.41. The summed E-state index contributed by atoms with van der Waals surface area (Å²) >= 11 is 0. The van der Waals surface area contributed by atoms with Gasteiger partial charge in [0.1, 0.15) is 18.9 Å². The summed E-state index contributed by atoms with van der Waals surface area (Å²) in [6.45, 7) is 5.15. The molecule has 2 aromatic rings. The molecule has 5 heteroatoms. The first kappa shape index (κ1) is 23.1. The number of amides is 1.